The highest BCUT2D eigenvalue weighted by Gasteiger charge is 2.44. The predicted molar refractivity (Wildman–Crippen MR) is 65.0 cm³/mol. The number of rotatable bonds is 4. The number of carbonyl (C=O) groups is 1. The minimum absolute atomic E-state index is 0.159. The van der Waals surface area contributed by atoms with Gasteiger partial charge in [0.15, 0.2) is 0 Å². The summed E-state index contributed by atoms with van der Waals surface area (Å²) in [7, 11) is 0. The van der Waals surface area contributed by atoms with Crippen molar-refractivity contribution in [3.05, 3.63) is 11.4 Å². The van der Waals surface area contributed by atoms with Crippen molar-refractivity contribution >= 4 is 17.7 Å². The Kier molecular flexibility index (Phi) is 5.10. The highest BCUT2D eigenvalue weighted by atomic mass is 32.2. The summed E-state index contributed by atoms with van der Waals surface area (Å²) < 4.78 is 37.1. The number of carbonyl (C=O) groups excluding carboxylic acids is 1. The van der Waals surface area contributed by atoms with Crippen molar-refractivity contribution in [3.8, 4) is 0 Å². The largest absolute Gasteiger partial charge is 0.442 e. The third-order valence-corrected chi connectivity index (χ3v) is 4.16. The number of hydrogen-bond acceptors (Lipinski definition) is 3. The molecule has 1 aliphatic rings. The zero-order valence-electron chi connectivity index (χ0n) is 10.3. The van der Waals surface area contributed by atoms with Gasteiger partial charge in [-0.25, -0.2) is 6.57 Å². The van der Waals surface area contributed by atoms with Crippen molar-refractivity contribution in [2.45, 2.75) is 42.6 Å². The maximum atomic E-state index is 12.4. The molecular weight excluding hydrogens is 281 g/mol. The van der Waals surface area contributed by atoms with Gasteiger partial charge in [0.05, 0.1) is 5.92 Å². The van der Waals surface area contributed by atoms with E-state index in [9.17, 15) is 18.0 Å². The summed E-state index contributed by atoms with van der Waals surface area (Å²) in [6, 6.07) is 0. The summed E-state index contributed by atoms with van der Waals surface area (Å²) >= 11 is -0.159. The van der Waals surface area contributed by atoms with Gasteiger partial charge in [-0.15, -0.1) is 0 Å². The van der Waals surface area contributed by atoms with Gasteiger partial charge in [0.2, 0.25) is 5.91 Å². The second-order valence-electron chi connectivity index (χ2n) is 4.67. The molecule has 3 atom stereocenters. The third-order valence-electron chi connectivity index (χ3n) is 3.02. The molecule has 0 saturated heterocycles. The van der Waals surface area contributed by atoms with Gasteiger partial charge < -0.3 is 5.11 Å². The van der Waals surface area contributed by atoms with E-state index in [1.165, 1.54) is 6.92 Å². The summed E-state index contributed by atoms with van der Waals surface area (Å²) in [6.07, 6.45) is 1.26. The lowest BCUT2D eigenvalue weighted by atomic mass is 10.1. The molecule has 0 aromatic rings. The van der Waals surface area contributed by atoms with Crippen LogP contribution in [0.4, 0.5) is 13.2 Å². The maximum absolute atomic E-state index is 12.4. The van der Waals surface area contributed by atoms with Crippen LogP contribution in [0.5, 0.6) is 0 Å². The van der Waals surface area contributed by atoms with Gasteiger partial charge in [-0.3, -0.25) is 15.0 Å². The highest BCUT2D eigenvalue weighted by molar-refractivity contribution is 8.00. The monoisotopic (exact) mass is 296 g/mol. The van der Waals surface area contributed by atoms with Gasteiger partial charge in [0, 0.05) is 12.2 Å². The van der Waals surface area contributed by atoms with Crippen molar-refractivity contribution in [3.63, 3.8) is 0 Å². The second-order valence-corrected chi connectivity index (χ2v) is 5.98. The van der Waals surface area contributed by atoms with Crippen LogP contribution in [0.3, 0.4) is 0 Å². The van der Waals surface area contributed by atoms with Gasteiger partial charge in [0.1, 0.15) is 6.61 Å². The molecule has 3 unspecified atom stereocenters. The number of nitrogens with zero attached hydrogens (tertiary/aromatic N) is 1. The first kappa shape index (κ1) is 16.1. The number of aliphatic hydroxyl groups is 1. The van der Waals surface area contributed by atoms with Crippen LogP contribution in [-0.2, 0) is 4.79 Å². The van der Waals surface area contributed by atoms with Crippen LogP contribution in [0.1, 0.15) is 26.2 Å². The molecule has 19 heavy (non-hydrogen) atoms. The molecule has 1 fully saturated rings. The van der Waals surface area contributed by atoms with E-state index in [0.29, 0.717) is 19.3 Å². The van der Waals surface area contributed by atoms with E-state index >= 15 is 0 Å². The molecule has 108 valence electrons. The number of amides is 1. The molecule has 0 bridgehead atoms. The Morgan fingerprint density at radius 3 is 2.63 bits per heavy atom. The van der Waals surface area contributed by atoms with E-state index in [0.717, 1.165) is 0 Å². The number of halogens is 3. The summed E-state index contributed by atoms with van der Waals surface area (Å²) in [6.45, 7) is 7.63. The summed E-state index contributed by atoms with van der Waals surface area (Å²) in [5.74, 6) is -1.36. The first-order valence-corrected chi connectivity index (χ1v) is 6.65. The van der Waals surface area contributed by atoms with E-state index < -0.39 is 34.9 Å². The third kappa shape index (κ3) is 4.58. The number of thioether (sulfide) groups is 1. The Labute approximate surface area is 113 Å². The van der Waals surface area contributed by atoms with Crippen LogP contribution in [0.15, 0.2) is 0 Å². The van der Waals surface area contributed by atoms with Gasteiger partial charge >= 0.3 is 11.2 Å². The van der Waals surface area contributed by atoms with Crippen molar-refractivity contribution in [1.82, 2.24) is 5.32 Å². The Balaban J connectivity index is 2.68. The lowest BCUT2D eigenvalue weighted by Gasteiger charge is -2.23. The summed E-state index contributed by atoms with van der Waals surface area (Å²) in [4.78, 5) is 15.0. The highest BCUT2D eigenvalue weighted by Crippen LogP contribution is 2.43. The van der Waals surface area contributed by atoms with Crippen LogP contribution in [0, 0.1) is 12.5 Å². The molecule has 1 amide bonds. The molecule has 2 N–H and O–H groups in total. The Morgan fingerprint density at radius 1 is 1.53 bits per heavy atom. The molecule has 0 radical (unpaired) electrons. The molecule has 1 rings (SSSR count). The molecule has 4 nitrogen and oxygen atoms in total. The fourth-order valence-corrected chi connectivity index (χ4v) is 3.05. The molecular formula is C11H15F3N2O2S. The van der Waals surface area contributed by atoms with Crippen LogP contribution in [0.25, 0.3) is 4.85 Å². The Hall–Kier alpha value is -0.940. The van der Waals surface area contributed by atoms with E-state index in [-0.39, 0.29) is 11.8 Å². The SMILES string of the molecule is [C-]#[N+]C(C)(CO)NC(=O)C1CCCC1SC(F)(F)F. The van der Waals surface area contributed by atoms with Gasteiger partial charge in [-0.2, -0.15) is 13.2 Å². The lowest BCUT2D eigenvalue weighted by Crippen LogP contribution is -2.49. The standard InChI is InChI=1S/C11H15F3N2O2S/c1-10(6-17,15-2)16-9(18)7-4-3-5-8(7)19-11(12,13)14/h7-8,17H,3-6H2,1H3,(H,16,18). The van der Waals surface area contributed by atoms with Crippen molar-refractivity contribution in [2.75, 3.05) is 6.61 Å². The predicted octanol–water partition coefficient (Wildman–Crippen LogP) is 2.15. The van der Waals surface area contributed by atoms with E-state index in [2.05, 4.69) is 10.2 Å². The minimum atomic E-state index is -4.37. The quantitative estimate of drug-likeness (QED) is 0.782. The first-order chi connectivity index (χ1) is 8.71. The average molecular weight is 296 g/mol. The number of nitrogens with one attached hydrogen (secondary N) is 1. The second kappa shape index (κ2) is 6.01. The molecule has 1 saturated carbocycles. The molecule has 0 heterocycles. The number of alkyl halides is 3. The minimum Gasteiger partial charge on any atom is -0.386 e. The van der Waals surface area contributed by atoms with E-state index in [4.69, 9.17) is 11.7 Å². The topological polar surface area (TPSA) is 53.7 Å². The zero-order valence-corrected chi connectivity index (χ0v) is 11.1. The van der Waals surface area contributed by atoms with Crippen molar-refractivity contribution in [2.24, 2.45) is 5.92 Å². The smallest absolute Gasteiger partial charge is 0.386 e. The van der Waals surface area contributed by atoms with Crippen molar-refractivity contribution in [1.29, 1.82) is 0 Å². The van der Waals surface area contributed by atoms with E-state index in [1.54, 1.807) is 0 Å². The summed E-state index contributed by atoms with van der Waals surface area (Å²) in [5, 5.41) is 10.5. The Bertz CT molecular complexity index is 383. The maximum Gasteiger partial charge on any atom is 0.442 e. The molecule has 0 spiro atoms. The zero-order chi connectivity index (χ0) is 14.7. The summed E-state index contributed by atoms with van der Waals surface area (Å²) in [5.41, 5.74) is -5.83. The van der Waals surface area contributed by atoms with E-state index in [1.807, 2.05) is 0 Å². The fourth-order valence-electron chi connectivity index (χ4n) is 2.00. The van der Waals surface area contributed by atoms with Crippen LogP contribution in [0.2, 0.25) is 0 Å². The molecule has 0 aromatic carbocycles. The van der Waals surface area contributed by atoms with Crippen LogP contribution in [-0.4, -0.2) is 34.0 Å². The molecule has 0 aliphatic heterocycles. The fraction of sp³-hybridized carbons (Fsp3) is 0.818. The van der Waals surface area contributed by atoms with Gasteiger partial charge in [0.25, 0.3) is 0 Å². The number of aliphatic hydroxyl groups excluding tert-OH is 1. The van der Waals surface area contributed by atoms with Gasteiger partial charge in [-0.1, -0.05) is 6.42 Å². The number of hydrogen-bond donors (Lipinski definition) is 2. The molecule has 0 aromatic heterocycles. The van der Waals surface area contributed by atoms with Crippen molar-refractivity contribution < 1.29 is 23.1 Å². The Morgan fingerprint density at radius 2 is 2.16 bits per heavy atom. The lowest BCUT2D eigenvalue weighted by molar-refractivity contribution is -0.126. The first-order valence-electron chi connectivity index (χ1n) is 5.77. The molecule has 8 heteroatoms. The van der Waals surface area contributed by atoms with Gasteiger partial charge in [-0.05, 0) is 24.6 Å². The average Bonchev–Trinajstić information content (AvgIpc) is 2.74. The van der Waals surface area contributed by atoms with Crippen LogP contribution >= 0.6 is 11.8 Å². The molecule has 1 aliphatic carbocycles. The van der Waals surface area contributed by atoms with Crippen LogP contribution < -0.4 is 5.32 Å². The normalized spacial score (nSPS) is 26.5.